The van der Waals surface area contributed by atoms with Gasteiger partial charge in [-0.15, -0.1) is 0 Å². The summed E-state index contributed by atoms with van der Waals surface area (Å²) in [6.45, 7) is 6.42. The van der Waals surface area contributed by atoms with Crippen LogP contribution in [0.5, 0.6) is 0 Å². The third kappa shape index (κ3) is 3.56. The molecule has 0 saturated heterocycles. The lowest BCUT2D eigenvalue weighted by Crippen LogP contribution is -2.29. The van der Waals surface area contributed by atoms with E-state index in [4.69, 9.17) is 0 Å². The predicted molar refractivity (Wildman–Crippen MR) is 82.5 cm³/mol. The number of carbonyl (C=O) groups excluding carboxylic acids is 1. The smallest absolute Gasteiger partial charge is 0.277 e. The van der Waals surface area contributed by atoms with E-state index in [1.165, 1.54) is 6.20 Å². The molecule has 0 radical (unpaired) electrons. The van der Waals surface area contributed by atoms with Crippen LogP contribution in [0, 0.1) is 12.8 Å². The van der Waals surface area contributed by atoms with Crippen molar-refractivity contribution in [2.24, 2.45) is 5.92 Å². The average molecular weight is 285 g/mol. The number of benzene rings is 1. The fraction of sp³-hybridized carbons (Fsp3) is 0.312. The van der Waals surface area contributed by atoms with E-state index in [0.29, 0.717) is 23.9 Å². The van der Waals surface area contributed by atoms with E-state index in [1.54, 1.807) is 35.8 Å². The van der Waals surface area contributed by atoms with Crippen LogP contribution in [-0.2, 0) is 6.54 Å². The van der Waals surface area contributed by atoms with Crippen molar-refractivity contribution in [1.29, 1.82) is 0 Å². The number of aromatic nitrogens is 2. The minimum absolute atomic E-state index is 0.204. The summed E-state index contributed by atoms with van der Waals surface area (Å²) in [5.41, 5.74) is 0.489. The van der Waals surface area contributed by atoms with E-state index in [9.17, 15) is 9.59 Å². The number of rotatable bonds is 4. The molecule has 110 valence electrons. The maximum Gasteiger partial charge on any atom is 0.277 e. The molecule has 1 amide bonds. The van der Waals surface area contributed by atoms with Gasteiger partial charge in [-0.25, -0.2) is 4.98 Å². The molecule has 1 heterocycles. The Labute approximate surface area is 123 Å². The molecule has 5 heteroatoms. The molecule has 1 N–H and O–H groups in total. The zero-order valence-corrected chi connectivity index (χ0v) is 12.5. The lowest BCUT2D eigenvalue weighted by atomic mass is 10.2. The summed E-state index contributed by atoms with van der Waals surface area (Å²) in [6, 6.07) is 8.78. The van der Waals surface area contributed by atoms with Gasteiger partial charge in [0.15, 0.2) is 0 Å². The molecule has 0 unspecified atom stereocenters. The van der Waals surface area contributed by atoms with Gasteiger partial charge in [0.05, 0.1) is 6.20 Å². The van der Waals surface area contributed by atoms with E-state index in [2.05, 4.69) is 10.3 Å². The summed E-state index contributed by atoms with van der Waals surface area (Å²) < 4.78 is 1.59. The molecule has 0 aliphatic carbocycles. The molecule has 1 aromatic carbocycles. The first kappa shape index (κ1) is 15.0. The Balaban J connectivity index is 2.29. The van der Waals surface area contributed by atoms with Gasteiger partial charge in [0, 0.05) is 12.1 Å². The number of hydrogen-bond acceptors (Lipinski definition) is 3. The van der Waals surface area contributed by atoms with Gasteiger partial charge in [-0.05, 0) is 25.0 Å². The summed E-state index contributed by atoms with van der Waals surface area (Å²) in [7, 11) is 0. The molecule has 0 atom stereocenters. The van der Waals surface area contributed by atoms with Crippen molar-refractivity contribution in [1.82, 2.24) is 9.55 Å². The van der Waals surface area contributed by atoms with Crippen molar-refractivity contribution >= 4 is 11.6 Å². The van der Waals surface area contributed by atoms with Crippen LogP contribution in [0.4, 0.5) is 5.69 Å². The van der Waals surface area contributed by atoms with Crippen molar-refractivity contribution in [3.05, 3.63) is 58.3 Å². The van der Waals surface area contributed by atoms with Crippen LogP contribution in [0.25, 0.3) is 0 Å². The highest BCUT2D eigenvalue weighted by Gasteiger charge is 2.12. The fourth-order valence-corrected chi connectivity index (χ4v) is 2.03. The molecule has 0 bridgehead atoms. The molecular weight excluding hydrogens is 266 g/mol. The van der Waals surface area contributed by atoms with Crippen molar-refractivity contribution in [2.45, 2.75) is 27.3 Å². The number of amides is 1. The van der Waals surface area contributed by atoms with Crippen LogP contribution in [0.15, 0.2) is 41.3 Å². The molecule has 0 spiro atoms. The standard InChI is InChI=1S/C16H19N3O2/c1-11(2)10-19-12(3)17-9-14(16(19)21)18-15(20)13-7-5-4-6-8-13/h4-9,11H,10H2,1-3H3,(H,18,20). The van der Waals surface area contributed by atoms with E-state index < -0.39 is 0 Å². The van der Waals surface area contributed by atoms with Crippen molar-refractivity contribution < 1.29 is 4.79 Å². The molecule has 0 fully saturated rings. The topological polar surface area (TPSA) is 64.0 Å². The summed E-state index contributed by atoms with van der Waals surface area (Å²) in [4.78, 5) is 28.7. The summed E-state index contributed by atoms with van der Waals surface area (Å²) >= 11 is 0. The van der Waals surface area contributed by atoms with Gasteiger partial charge in [0.1, 0.15) is 11.5 Å². The number of carbonyl (C=O) groups is 1. The normalized spacial score (nSPS) is 10.7. The monoisotopic (exact) mass is 285 g/mol. The van der Waals surface area contributed by atoms with Crippen molar-refractivity contribution in [2.75, 3.05) is 5.32 Å². The number of hydrogen-bond donors (Lipinski definition) is 1. The van der Waals surface area contributed by atoms with E-state index in [0.717, 1.165) is 0 Å². The first-order valence-corrected chi connectivity index (χ1v) is 6.92. The number of aryl methyl sites for hydroxylation is 1. The first-order chi connectivity index (χ1) is 9.99. The number of anilines is 1. The molecular formula is C16H19N3O2. The molecule has 0 saturated carbocycles. The Morgan fingerprint density at radius 3 is 2.57 bits per heavy atom. The molecule has 2 aromatic rings. The van der Waals surface area contributed by atoms with Crippen LogP contribution in [0.1, 0.15) is 30.0 Å². The molecule has 1 aromatic heterocycles. The number of nitrogens with zero attached hydrogens (tertiary/aromatic N) is 2. The predicted octanol–water partition coefficient (Wildman–Crippen LogP) is 2.46. The highest BCUT2D eigenvalue weighted by atomic mass is 16.2. The second-order valence-corrected chi connectivity index (χ2v) is 5.35. The summed E-state index contributed by atoms with van der Waals surface area (Å²) in [5, 5.41) is 2.63. The summed E-state index contributed by atoms with van der Waals surface area (Å²) in [6.07, 6.45) is 1.41. The molecule has 5 nitrogen and oxygen atoms in total. The molecule has 21 heavy (non-hydrogen) atoms. The van der Waals surface area contributed by atoms with Crippen molar-refractivity contribution in [3.63, 3.8) is 0 Å². The highest BCUT2D eigenvalue weighted by molar-refractivity contribution is 6.04. The van der Waals surface area contributed by atoms with Crippen molar-refractivity contribution in [3.8, 4) is 0 Å². The lowest BCUT2D eigenvalue weighted by molar-refractivity contribution is 0.102. The number of nitrogens with one attached hydrogen (secondary N) is 1. The molecule has 2 rings (SSSR count). The largest absolute Gasteiger partial charge is 0.316 e. The Morgan fingerprint density at radius 1 is 1.29 bits per heavy atom. The van der Waals surface area contributed by atoms with Gasteiger partial charge in [0.2, 0.25) is 0 Å². The quantitative estimate of drug-likeness (QED) is 0.938. The Bertz CT molecular complexity index is 690. The SMILES string of the molecule is Cc1ncc(NC(=O)c2ccccc2)c(=O)n1CC(C)C. The van der Waals surface area contributed by atoms with E-state index >= 15 is 0 Å². The van der Waals surface area contributed by atoms with Gasteiger partial charge < -0.3 is 5.32 Å². The van der Waals surface area contributed by atoms with Crippen LogP contribution in [0.3, 0.4) is 0 Å². The Morgan fingerprint density at radius 2 is 1.95 bits per heavy atom. The minimum Gasteiger partial charge on any atom is -0.316 e. The lowest BCUT2D eigenvalue weighted by Gasteiger charge is -2.13. The van der Waals surface area contributed by atoms with Gasteiger partial charge >= 0.3 is 0 Å². The second kappa shape index (κ2) is 6.35. The van der Waals surface area contributed by atoms with Crippen LogP contribution >= 0.6 is 0 Å². The maximum absolute atomic E-state index is 12.4. The Hall–Kier alpha value is -2.43. The van der Waals surface area contributed by atoms with E-state index in [1.807, 2.05) is 19.9 Å². The third-order valence-electron chi connectivity index (χ3n) is 3.08. The van der Waals surface area contributed by atoms with E-state index in [-0.39, 0.29) is 17.2 Å². The van der Waals surface area contributed by atoms with Gasteiger partial charge in [0.25, 0.3) is 11.5 Å². The Kier molecular flexibility index (Phi) is 4.52. The average Bonchev–Trinajstić information content (AvgIpc) is 2.47. The summed E-state index contributed by atoms with van der Waals surface area (Å²) in [5.74, 6) is 0.657. The highest BCUT2D eigenvalue weighted by Crippen LogP contribution is 2.06. The van der Waals surface area contributed by atoms with Gasteiger partial charge in [-0.2, -0.15) is 0 Å². The molecule has 0 aliphatic heterocycles. The van der Waals surface area contributed by atoms with Gasteiger partial charge in [-0.1, -0.05) is 32.0 Å². The maximum atomic E-state index is 12.4. The van der Waals surface area contributed by atoms with Crippen LogP contribution in [0.2, 0.25) is 0 Å². The zero-order chi connectivity index (χ0) is 15.4. The van der Waals surface area contributed by atoms with Gasteiger partial charge in [-0.3, -0.25) is 14.2 Å². The minimum atomic E-state index is -0.311. The van der Waals surface area contributed by atoms with Crippen LogP contribution < -0.4 is 10.9 Å². The zero-order valence-electron chi connectivity index (χ0n) is 12.5. The first-order valence-electron chi connectivity index (χ1n) is 6.92. The third-order valence-corrected chi connectivity index (χ3v) is 3.08. The van der Waals surface area contributed by atoms with Crippen LogP contribution in [-0.4, -0.2) is 15.5 Å². The fourth-order valence-electron chi connectivity index (χ4n) is 2.03. The second-order valence-electron chi connectivity index (χ2n) is 5.35. The molecule has 0 aliphatic rings.